The quantitative estimate of drug-likeness (QED) is 0.757. The topological polar surface area (TPSA) is 83.5 Å². The van der Waals surface area contributed by atoms with Crippen LogP contribution in [0.25, 0.3) is 0 Å². The van der Waals surface area contributed by atoms with Crippen molar-refractivity contribution in [1.82, 2.24) is 0 Å². The van der Waals surface area contributed by atoms with E-state index in [1.165, 1.54) is 6.07 Å². The summed E-state index contributed by atoms with van der Waals surface area (Å²) >= 11 is 0. The van der Waals surface area contributed by atoms with Gasteiger partial charge in [0.2, 0.25) is 0 Å². The Morgan fingerprint density at radius 1 is 1.33 bits per heavy atom. The SMILES string of the molecule is N[C@](CO)(Cc1cccc(C(F)(F)F)c1)C(=O)O. The van der Waals surface area contributed by atoms with Gasteiger partial charge >= 0.3 is 12.1 Å². The number of hydrogen-bond donors (Lipinski definition) is 3. The van der Waals surface area contributed by atoms with Gasteiger partial charge < -0.3 is 15.9 Å². The van der Waals surface area contributed by atoms with Crippen molar-refractivity contribution in [3.8, 4) is 0 Å². The van der Waals surface area contributed by atoms with E-state index < -0.39 is 29.9 Å². The fraction of sp³-hybridized carbons (Fsp3) is 0.364. The zero-order chi connectivity index (χ0) is 14.0. The number of aliphatic carboxylic acids is 1. The second-order valence-corrected chi connectivity index (χ2v) is 3.99. The van der Waals surface area contributed by atoms with Crippen molar-refractivity contribution in [2.45, 2.75) is 18.1 Å². The highest BCUT2D eigenvalue weighted by Gasteiger charge is 2.35. The summed E-state index contributed by atoms with van der Waals surface area (Å²) in [6, 6.07) is 4.19. The lowest BCUT2D eigenvalue weighted by atomic mass is 9.92. The number of carboxylic acids is 1. The second kappa shape index (κ2) is 4.95. The molecule has 0 saturated carbocycles. The molecule has 0 spiro atoms. The van der Waals surface area contributed by atoms with E-state index in [-0.39, 0.29) is 12.0 Å². The van der Waals surface area contributed by atoms with Gasteiger partial charge in [-0.05, 0) is 11.6 Å². The van der Waals surface area contributed by atoms with Crippen LogP contribution in [0, 0.1) is 0 Å². The summed E-state index contributed by atoms with van der Waals surface area (Å²) in [5.74, 6) is -1.47. The lowest BCUT2D eigenvalue weighted by Crippen LogP contribution is -2.53. The molecule has 1 aromatic carbocycles. The highest BCUT2D eigenvalue weighted by molar-refractivity contribution is 5.79. The van der Waals surface area contributed by atoms with Gasteiger partial charge in [0.1, 0.15) is 5.54 Å². The first-order chi connectivity index (χ1) is 8.19. The van der Waals surface area contributed by atoms with E-state index in [0.717, 1.165) is 18.2 Å². The van der Waals surface area contributed by atoms with Crippen molar-refractivity contribution in [3.63, 3.8) is 0 Å². The third-order valence-corrected chi connectivity index (χ3v) is 2.48. The maximum absolute atomic E-state index is 12.4. The smallest absolute Gasteiger partial charge is 0.416 e. The minimum atomic E-state index is -4.50. The molecule has 0 aliphatic carbocycles. The minimum Gasteiger partial charge on any atom is -0.480 e. The second-order valence-electron chi connectivity index (χ2n) is 3.99. The van der Waals surface area contributed by atoms with Crippen molar-refractivity contribution < 1.29 is 28.2 Å². The van der Waals surface area contributed by atoms with Gasteiger partial charge in [-0.3, -0.25) is 4.79 Å². The molecular weight excluding hydrogens is 251 g/mol. The van der Waals surface area contributed by atoms with Gasteiger partial charge in [0, 0.05) is 6.42 Å². The van der Waals surface area contributed by atoms with Crippen LogP contribution < -0.4 is 5.73 Å². The van der Waals surface area contributed by atoms with Crippen LogP contribution in [-0.2, 0) is 17.4 Å². The normalized spacial score (nSPS) is 15.2. The molecule has 1 rings (SSSR count). The van der Waals surface area contributed by atoms with E-state index in [2.05, 4.69) is 0 Å². The highest BCUT2D eigenvalue weighted by Crippen LogP contribution is 2.30. The Morgan fingerprint density at radius 3 is 2.39 bits per heavy atom. The van der Waals surface area contributed by atoms with Crippen LogP contribution in [-0.4, -0.2) is 28.3 Å². The highest BCUT2D eigenvalue weighted by atomic mass is 19.4. The number of rotatable bonds is 4. The maximum atomic E-state index is 12.4. The molecule has 0 fully saturated rings. The number of halogens is 3. The Bertz CT molecular complexity index is 447. The van der Waals surface area contributed by atoms with Crippen molar-refractivity contribution in [2.75, 3.05) is 6.61 Å². The fourth-order valence-electron chi connectivity index (χ4n) is 1.42. The lowest BCUT2D eigenvalue weighted by molar-refractivity contribution is -0.144. The molecule has 0 aliphatic rings. The van der Waals surface area contributed by atoms with E-state index in [9.17, 15) is 18.0 Å². The van der Waals surface area contributed by atoms with E-state index in [1.807, 2.05) is 0 Å². The molecule has 1 aromatic rings. The van der Waals surface area contributed by atoms with Crippen LogP contribution >= 0.6 is 0 Å². The Morgan fingerprint density at radius 2 is 1.94 bits per heavy atom. The number of carbonyl (C=O) groups is 1. The van der Waals surface area contributed by atoms with Crippen LogP contribution in [0.3, 0.4) is 0 Å². The predicted molar refractivity (Wildman–Crippen MR) is 56.8 cm³/mol. The summed E-state index contributed by atoms with van der Waals surface area (Å²) in [5.41, 5.74) is 2.64. The fourth-order valence-corrected chi connectivity index (χ4v) is 1.42. The largest absolute Gasteiger partial charge is 0.480 e. The van der Waals surface area contributed by atoms with Crippen molar-refractivity contribution in [1.29, 1.82) is 0 Å². The zero-order valence-corrected chi connectivity index (χ0v) is 9.24. The van der Waals surface area contributed by atoms with E-state index in [0.29, 0.717) is 0 Å². The molecule has 0 radical (unpaired) electrons. The Hall–Kier alpha value is -1.60. The number of aliphatic hydroxyl groups excluding tert-OH is 1. The molecule has 4 nitrogen and oxygen atoms in total. The molecule has 0 heterocycles. The minimum absolute atomic E-state index is 0.101. The van der Waals surface area contributed by atoms with Crippen molar-refractivity contribution >= 4 is 5.97 Å². The average molecular weight is 263 g/mol. The molecule has 100 valence electrons. The molecule has 4 N–H and O–H groups in total. The third kappa shape index (κ3) is 3.21. The van der Waals surface area contributed by atoms with Crippen LogP contribution in [0.4, 0.5) is 13.2 Å². The summed E-state index contributed by atoms with van der Waals surface area (Å²) in [6.45, 7) is -0.863. The predicted octanol–water partition coefficient (Wildman–Crippen LogP) is 1.02. The van der Waals surface area contributed by atoms with Gasteiger partial charge in [-0.25, -0.2) is 0 Å². The Labute approximate surface area is 101 Å². The monoisotopic (exact) mass is 263 g/mol. The summed E-state index contributed by atoms with van der Waals surface area (Å²) in [6.07, 6.45) is -4.89. The van der Waals surface area contributed by atoms with Gasteiger partial charge in [0.05, 0.1) is 12.2 Å². The van der Waals surface area contributed by atoms with Crippen LogP contribution in [0.2, 0.25) is 0 Å². The van der Waals surface area contributed by atoms with E-state index in [4.69, 9.17) is 15.9 Å². The molecule has 0 aromatic heterocycles. The van der Waals surface area contributed by atoms with Crippen LogP contribution in [0.15, 0.2) is 24.3 Å². The Kier molecular flexibility index (Phi) is 3.98. The first-order valence-corrected chi connectivity index (χ1v) is 4.98. The van der Waals surface area contributed by atoms with Gasteiger partial charge in [0.15, 0.2) is 0 Å². The summed E-state index contributed by atoms with van der Waals surface area (Å²) in [7, 11) is 0. The van der Waals surface area contributed by atoms with Crippen molar-refractivity contribution in [3.05, 3.63) is 35.4 Å². The van der Waals surface area contributed by atoms with E-state index >= 15 is 0 Å². The van der Waals surface area contributed by atoms with E-state index in [1.54, 1.807) is 0 Å². The lowest BCUT2D eigenvalue weighted by Gasteiger charge is -2.22. The standard InChI is InChI=1S/C11H12F3NO3/c12-11(13,14)8-3-1-2-7(4-8)5-10(15,6-16)9(17)18/h1-4,16H,5-6,15H2,(H,17,18)/t10-/m0/s1. The molecule has 0 bridgehead atoms. The van der Waals surface area contributed by atoms with Crippen molar-refractivity contribution in [2.24, 2.45) is 5.73 Å². The molecule has 0 aliphatic heterocycles. The summed E-state index contributed by atoms with van der Waals surface area (Å²) in [4.78, 5) is 10.8. The number of hydrogen-bond acceptors (Lipinski definition) is 3. The van der Waals surface area contributed by atoms with Crippen LogP contribution in [0.5, 0.6) is 0 Å². The molecular formula is C11H12F3NO3. The molecule has 0 unspecified atom stereocenters. The molecule has 0 saturated heterocycles. The Balaban J connectivity index is 3.02. The number of alkyl halides is 3. The first-order valence-electron chi connectivity index (χ1n) is 4.98. The summed E-state index contributed by atoms with van der Waals surface area (Å²) in [5, 5.41) is 17.7. The number of benzene rings is 1. The molecule has 18 heavy (non-hydrogen) atoms. The number of carboxylic acid groups (broad SMARTS) is 1. The molecule has 1 atom stereocenters. The number of nitrogens with two attached hydrogens (primary N) is 1. The molecule has 0 amide bonds. The van der Waals surface area contributed by atoms with Gasteiger partial charge in [-0.1, -0.05) is 18.2 Å². The van der Waals surface area contributed by atoms with Gasteiger partial charge in [0.25, 0.3) is 0 Å². The van der Waals surface area contributed by atoms with Gasteiger partial charge in [-0.2, -0.15) is 13.2 Å². The number of aliphatic hydroxyl groups is 1. The van der Waals surface area contributed by atoms with Crippen LogP contribution in [0.1, 0.15) is 11.1 Å². The van der Waals surface area contributed by atoms with Gasteiger partial charge in [-0.15, -0.1) is 0 Å². The zero-order valence-electron chi connectivity index (χ0n) is 9.24. The maximum Gasteiger partial charge on any atom is 0.416 e. The molecule has 7 heteroatoms. The summed E-state index contributed by atoms with van der Waals surface area (Å²) < 4.78 is 37.3. The first kappa shape index (κ1) is 14.5. The third-order valence-electron chi connectivity index (χ3n) is 2.48. The average Bonchev–Trinajstić information content (AvgIpc) is 2.28.